The van der Waals surface area contributed by atoms with Crippen molar-refractivity contribution in [1.29, 1.82) is 0 Å². The Balaban J connectivity index is 1.94. The maximum absolute atomic E-state index is 11.9. The molecule has 1 amide bonds. The lowest BCUT2D eigenvalue weighted by atomic mass is 10.1. The highest BCUT2D eigenvalue weighted by molar-refractivity contribution is 5.90. The predicted molar refractivity (Wildman–Crippen MR) is 61.7 cm³/mol. The molecule has 17 heavy (non-hydrogen) atoms. The minimum absolute atomic E-state index is 0.0630. The number of amides is 1. The number of rotatable bonds is 4. The fourth-order valence-electron chi connectivity index (χ4n) is 1.90. The van der Waals surface area contributed by atoms with Crippen molar-refractivity contribution in [3.63, 3.8) is 0 Å². The van der Waals surface area contributed by atoms with Crippen LogP contribution in [0.5, 0.6) is 0 Å². The van der Waals surface area contributed by atoms with Gasteiger partial charge in [0, 0.05) is 13.0 Å². The fraction of sp³-hybridized carbons (Fsp3) is 0.727. The van der Waals surface area contributed by atoms with Crippen LogP contribution in [0.15, 0.2) is 0 Å². The van der Waals surface area contributed by atoms with Crippen molar-refractivity contribution >= 4 is 5.91 Å². The van der Waals surface area contributed by atoms with Gasteiger partial charge in [-0.25, -0.2) is 4.98 Å². The molecule has 1 aliphatic heterocycles. The fourth-order valence-corrected chi connectivity index (χ4v) is 1.90. The molecule has 2 unspecified atom stereocenters. The minimum Gasteiger partial charge on any atom is -0.376 e. The van der Waals surface area contributed by atoms with Crippen LogP contribution in [0.4, 0.5) is 0 Å². The number of nitrogens with zero attached hydrogens (tertiary/aromatic N) is 2. The Kier molecular flexibility index (Phi) is 3.73. The third-order valence-corrected chi connectivity index (χ3v) is 2.91. The van der Waals surface area contributed by atoms with E-state index in [0.29, 0.717) is 6.61 Å². The molecule has 1 aromatic rings. The van der Waals surface area contributed by atoms with Crippen LogP contribution in [0.2, 0.25) is 0 Å². The minimum atomic E-state index is -0.231. The number of carbonyl (C=O) groups is 1. The van der Waals surface area contributed by atoms with E-state index in [4.69, 9.17) is 4.74 Å². The highest BCUT2D eigenvalue weighted by atomic mass is 16.5. The number of carbonyl (C=O) groups excluding carboxylic acids is 1. The van der Waals surface area contributed by atoms with E-state index in [1.807, 2.05) is 6.92 Å². The van der Waals surface area contributed by atoms with E-state index in [-0.39, 0.29) is 23.9 Å². The van der Waals surface area contributed by atoms with Gasteiger partial charge in [0.1, 0.15) is 5.82 Å². The number of nitrogens with one attached hydrogen (secondary N) is 2. The lowest BCUT2D eigenvalue weighted by Crippen LogP contribution is -2.39. The summed E-state index contributed by atoms with van der Waals surface area (Å²) in [5, 5.41) is 9.57. The molecule has 0 radical (unpaired) electrons. The SMILES string of the molecule is CCCc1nc(C(=O)NC2CCOC2C)n[nH]1. The molecular weight excluding hydrogens is 220 g/mol. The van der Waals surface area contributed by atoms with E-state index in [0.717, 1.165) is 25.1 Å². The predicted octanol–water partition coefficient (Wildman–Crippen LogP) is 0.664. The number of H-pyrrole nitrogens is 1. The molecule has 2 rings (SSSR count). The zero-order valence-electron chi connectivity index (χ0n) is 10.2. The van der Waals surface area contributed by atoms with E-state index >= 15 is 0 Å². The molecule has 2 N–H and O–H groups in total. The molecule has 2 heterocycles. The van der Waals surface area contributed by atoms with E-state index in [1.165, 1.54) is 0 Å². The summed E-state index contributed by atoms with van der Waals surface area (Å²) in [4.78, 5) is 16.0. The molecule has 1 saturated heterocycles. The molecule has 0 spiro atoms. The zero-order chi connectivity index (χ0) is 12.3. The third kappa shape index (κ3) is 2.82. The van der Waals surface area contributed by atoms with Crippen LogP contribution in [0.25, 0.3) is 0 Å². The first kappa shape index (κ1) is 12.0. The molecule has 0 aliphatic carbocycles. The molecule has 1 aliphatic rings. The maximum Gasteiger partial charge on any atom is 0.291 e. The molecule has 1 fully saturated rings. The Labute approximate surface area is 100 Å². The molecule has 1 aromatic heterocycles. The van der Waals surface area contributed by atoms with E-state index in [1.54, 1.807) is 0 Å². The van der Waals surface area contributed by atoms with Crippen LogP contribution >= 0.6 is 0 Å². The van der Waals surface area contributed by atoms with E-state index < -0.39 is 0 Å². The van der Waals surface area contributed by atoms with Crippen molar-refractivity contribution in [2.75, 3.05) is 6.61 Å². The summed E-state index contributed by atoms with van der Waals surface area (Å²) in [6, 6.07) is 0.0654. The number of hydrogen-bond acceptors (Lipinski definition) is 4. The van der Waals surface area contributed by atoms with E-state index in [2.05, 4.69) is 27.4 Å². The number of aromatic nitrogens is 3. The van der Waals surface area contributed by atoms with Gasteiger partial charge in [0.15, 0.2) is 0 Å². The number of aromatic amines is 1. The molecule has 94 valence electrons. The molecule has 0 aromatic carbocycles. The van der Waals surface area contributed by atoms with Crippen LogP contribution < -0.4 is 5.32 Å². The van der Waals surface area contributed by atoms with Crippen LogP contribution in [0.1, 0.15) is 43.1 Å². The van der Waals surface area contributed by atoms with Crippen LogP contribution in [-0.4, -0.2) is 39.8 Å². The lowest BCUT2D eigenvalue weighted by Gasteiger charge is -2.14. The Bertz CT molecular complexity index is 391. The highest BCUT2D eigenvalue weighted by Crippen LogP contribution is 2.12. The Morgan fingerprint density at radius 1 is 1.65 bits per heavy atom. The monoisotopic (exact) mass is 238 g/mol. The third-order valence-electron chi connectivity index (χ3n) is 2.91. The first-order valence-electron chi connectivity index (χ1n) is 6.04. The van der Waals surface area contributed by atoms with Crippen molar-refractivity contribution in [3.05, 3.63) is 11.6 Å². The molecular formula is C11H18N4O2. The van der Waals surface area contributed by atoms with Gasteiger partial charge in [-0.1, -0.05) is 6.92 Å². The summed E-state index contributed by atoms with van der Waals surface area (Å²) in [6.45, 7) is 4.71. The van der Waals surface area contributed by atoms with Crippen molar-refractivity contribution < 1.29 is 9.53 Å². The van der Waals surface area contributed by atoms with Gasteiger partial charge in [-0.05, 0) is 19.8 Å². The number of hydrogen-bond donors (Lipinski definition) is 2. The summed E-state index contributed by atoms with van der Waals surface area (Å²) in [7, 11) is 0. The van der Waals surface area contributed by atoms with Crippen molar-refractivity contribution in [2.45, 2.75) is 45.3 Å². The Hall–Kier alpha value is -1.43. The summed E-state index contributed by atoms with van der Waals surface area (Å²) in [5.74, 6) is 0.742. The largest absolute Gasteiger partial charge is 0.376 e. The molecule has 0 saturated carbocycles. The average molecular weight is 238 g/mol. The van der Waals surface area contributed by atoms with Gasteiger partial charge >= 0.3 is 0 Å². The van der Waals surface area contributed by atoms with Gasteiger partial charge in [0.2, 0.25) is 5.82 Å². The van der Waals surface area contributed by atoms with E-state index in [9.17, 15) is 4.79 Å². The van der Waals surface area contributed by atoms with Gasteiger partial charge in [-0.3, -0.25) is 9.89 Å². The summed E-state index contributed by atoms with van der Waals surface area (Å²) in [5.41, 5.74) is 0. The van der Waals surface area contributed by atoms with Crippen LogP contribution in [0.3, 0.4) is 0 Å². The maximum atomic E-state index is 11.9. The van der Waals surface area contributed by atoms with Gasteiger partial charge in [-0.2, -0.15) is 0 Å². The number of aryl methyl sites for hydroxylation is 1. The van der Waals surface area contributed by atoms with Crippen molar-refractivity contribution in [3.8, 4) is 0 Å². The second-order valence-corrected chi connectivity index (χ2v) is 4.30. The first-order valence-corrected chi connectivity index (χ1v) is 6.04. The van der Waals surface area contributed by atoms with Gasteiger partial charge < -0.3 is 10.1 Å². The summed E-state index contributed by atoms with van der Waals surface area (Å²) in [6.07, 6.45) is 2.69. The average Bonchev–Trinajstić information content (AvgIpc) is 2.90. The topological polar surface area (TPSA) is 79.9 Å². The first-order chi connectivity index (χ1) is 8.20. The highest BCUT2D eigenvalue weighted by Gasteiger charge is 2.27. The second kappa shape index (κ2) is 5.27. The zero-order valence-corrected chi connectivity index (χ0v) is 10.2. The van der Waals surface area contributed by atoms with Crippen LogP contribution in [0, 0.1) is 0 Å². The molecule has 0 bridgehead atoms. The normalized spacial score (nSPS) is 23.9. The Morgan fingerprint density at radius 3 is 3.12 bits per heavy atom. The standard InChI is InChI=1S/C11H18N4O2/c1-3-4-9-13-10(15-14-9)11(16)12-8-5-6-17-7(8)2/h7-8H,3-6H2,1-2H3,(H,12,16)(H,13,14,15). The quantitative estimate of drug-likeness (QED) is 0.807. The summed E-state index contributed by atoms with van der Waals surface area (Å²) >= 11 is 0. The lowest BCUT2D eigenvalue weighted by molar-refractivity contribution is 0.0857. The van der Waals surface area contributed by atoms with Gasteiger partial charge in [-0.15, -0.1) is 5.10 Å². The van der Waals surface area contributed by atoms with Gasteiger partial charge in [0.25, 0.3) is 5.91 Å². The summed E-state index contributed by atoms with van der Waals surface area (Å²) < 4.78 is 5.38. The molecule has 6 heteroatoms. The van der Waals surface area contributed by atoms with Crippen molar-refractivity contribution in [1.82, 2.24) is 20.5 Å². The molecule has 2 atom stereocenters. The van der Waals surface area contributed by atoms with Gasteiger partial charge in [0.05, 0.1) is 12.1 Å². The Morgan fingerprint density at radius 2 is 2.47 bits per heavy atom. The second-order valence-electron chi connectivity index (χ2n) is 4.30. The smallest absolute Gasteiger partial charge is 0.291 e. The molecule has 6 nitrogen and oxygen atoms in total. The van der Waals surface area contributed by atoms with Crippen LogP contribution in [-0.2, 0) is 11.2 Å². The number of ether oxygens (including phenoxy) is 1. The van der Waals surface area contributed by atoms with Crippen molar-refractivity contribution in [2.24, 2.45) is 0 Å².